The summed E-state index contributed by atoms with van der Waals surface area (Å²) in [6.45, 7) is 8.49. The highest BCUT2D eigenvalue weighted by Crippen LogP contribution is 2.46. The molecule has 0 heterocycles. The summed E-state index contributed by atoms with van der Waals surface area (Å²) in [5.41, 5.74) is 0. The van der Waals surface area contributed by atoms with Gasteiger partial charge in [-0.05, 0) is 19.3 Å². The summed E-state index contributed by atoms with van der Waals surface area (Å²) in [7, 11) is -3.68. The first-order chi connectivity index (χ1) is 19.6. The highest BCUT2D eigenvalue weighted by Gasteiger charge is 2.28. The van der Waals surface area contributed by atoms with E-state index in [2.05, 4.69) is 20.8 Å². The monoisotopic (exact) mass is 588 g/mol. The Kier molecular flexibility index (Phi) is 32.1. The molecule has 0 amide bonds. The molecule has 0 aliphatic heterocycles. The summed E-state index contributed by atoms with van der Waals surface area (Å²) in [5.74, 6) is 0. The van der Waals surface area contributed by atoms with Gasteiger partial charge in [-0.2, -0.15) is 0 Å². The van der Waals surface area contributed by atoms with Gasteiger partial charge in [0.25, 0.3) is 0 Å². The van der Waals surface area contributed by atoms with Crippen molar-refractivity contribution in [2.75, 3.05) is 19.7 Å². The zero-order chi connectivity index (χ0) is 29.4. The molecule has 0 fully saturated rings. The van der Waals surface area contributed by atoms with Crippen LogP contribution in [-0.2, 0) is 9.09 Å². The first-order valence-electron chi connectivity index (χ1n) is 18.3. The summed E-state index contributed by atoms with van der Waals surface area (Å²) < 4.78 is 20.4. The summed E-state index contributed by atoms with van der Waals surface area (Å²) >= 11 is 0. The molecule has 0 aliphatic carbocycles. The smallest absolute Gasteiger partial charge is 0.312 e. The van der Waals surface area contributed by atoms with Gasteiger partial charge >= 0.3 is 7.75 Å². The van der Waals surface area contributed by atoms with Gasteiger partial charge in [-0.25, -0.2) is 9.24 Å². The van der Waals surface area contributed by atoms with Crippen LogP contribution < -0.4 is 0 Å². The van der Waals surface area contributed by atoms with E-state index >= 15 is 0 Å². The quantitative estimate of drug-likeness (QED) is 0.0601. The maximum Gasteiger partial charge on any atom is 0.405 e. The van der Waals surface area contributed by atoms with E-state index in [1.807, 2.05) is 0 Å². The fourth-order valence-corrected chi connectivity index (χ4v) is 6.92. The third-order valence-corrected chi connectivity index (χ3v) is 10.0. The predicted molar refractivity (Wildman–Crippen MR) is 178 cm³/mol. The molecule has 1 unspecified atom stereocenters. The van der Waals surface area contributed by atoms with Crippen molar-refractivity contribution in [1.29, 1.82) is 0 Å². The summed E-state index contributed by atoms with van der Waals surface area (Å²) in [6, 6.07) is 0. The number of nitrogens with zero attached hydrogens (tertiary/aromatic N) is 1. The Balaban J connectivity index is 4.02. The molecular weight excluding hydrogens is 513 g/mol. The average Bonchev–Trinajstić information content (AvgIpc) is 2.94. The standard InChI is InChI=1S/C35H74NO3P/c1-4-7-10-12-14-16-18-20-22-24-26-28-30-33-36(40(37,38)39-35-32-9-6-3)34-31-29-27-25-23-21-19-17-15-13-11-8-5-2/h4-35H2,1-3H3,(H,37,38). The Bertz CT molecular complexity index is 501. The minimum atomic E-state index is -3.68. The first-order valence-corrected chi connectivity index (χ1v) is 19.8. The lowest BCUT2D eigenvalue weighted by molar-refractivity contribution is 0.194. The van der Waals surface area contributed by atoms with Crippen molar-refractivity contribution in [3.63, 3.8) is 0 Å². The summed E-state index contributed by atoms with van der Waals surface area (Å²) in [6.07, 6.45) is 37.4. The van der Waals surface area contributed by atoms with E-state index in [4.69, 9.17) is 4.52 Å². The second-order valence-corrected chi connectivity index (χ2v) is 14.3. The molecule has 5 heteroatoms. The topological polar surface area (TPSA) is 49.8 Å². The molecule has 0 saturated heterocycles. The number of hydrogen-bond acceptors (Lipinski definition) is 2. The van der Waals surface area contributed by atoms with Crippen molar-refractivity contribution in [2.24, 2.45) is 0 Å². The molecule has 0 saturated carbocycles. The summed E-state index contributed by atoms with van der Waals surface area (Å²) in [4.78, 5) is 10.7. The Labute approximate surface area is 252 Å². The van der Waals surface area contributed by atoms with E-state index in [1.165, 1.54) is 141 Å². The van der Waals surface area contributed by atoms with Gasteiger partial charge in [0.15, 0.2) is 0 Å². The fraction of sp³-hybridized carbons (Fsp3) is 1.00. The third kappa shape index (κ3) is 28.2. The Hall–Kier alpha value is 0.110. The zero-order valence-corrected chi connectivity index (χ0v) is 28.7. The third-order valence-electron chi connectivity index (χ3n) is 8.40. The van der Waals surface area contributed by atoms with Crippen molar-refractivity contribution in [2.45, 2.75) is 207 Å². The second-order valence-electron chi connectivity index (χ2n) is 12.5. The van der Waals surface area contributed by atoms with Gasteiger partial charge in [0.1, 0.15) is 0 Å². The van der Waals surface area contributed by atoms with Crippen LogP contribution in [0, 0.1) is 0 Å². The van der Waals surface area contributed by atoms with E-state index < -0.39 is 7.75 Å². The zero-order valence-electron chi connectivity index (χ0n) is 27.8. The Morgan fingerprint density at radius 3 is 0.975 bits per heavy atom. The van der Waals surface area contributed by atoms with Crippen LogP contribution in [0.3, 0.4) is 0 Å². The van der Waals surface area contributed by atoms with Crippen molar-refractivity contribution in [3.8, 4) is 0 Å². The van der Waals surface area contributed by atoms with Gasteiger partial charge in [-0.3, -0.25) is 4.52 Å². The van der Waals surface area contributed by atoms with Crippen molar-refractivity contribution in [3.05, 3.63) is 0 Å². The molecule has 40 heavy (non-hydrogen) atoms. The van der Waals surface area contributed by atoms with Crippen LogP contribution in [0.15, 0.2) is 0 Å². The van der Waals surface area contributed by atoms with Gasteiger partial charge < -0.3 is 4.89 Å². The number of rotatable bonds is 34. The predicted octanol–water partition coefficient (Wildman–Crippen LogP) is 12.8. The SMILES string of the molecule is CCCCCCCCCCCCCCCN(CCCCCCCCCCCCCCC)P(=O)(O)OCCCCC. The van der Waals surface area contributed by atoms with Crippen molar-refractivity contribution < 1.29 is 14.0 Å². The van der Waals surface area contributed by atoms with Crippen LogP contribution in [0.4, 0.5) is 0 Å². The molecule has 1 atom stereocenters. The molecule has 0 bridgehead atoms. The Morgan fingerprint density at radius 2 is 0.675 bits per heavy atom. The number of hydrogen-bond donors (Lipinski definition) is 1. The lowest BCUT2D eigenvalue weighted by Gasteiger charge is -2.26. The van der Waals surface area contributed by atoms with E-state index in [1.54, 1.807) is 4.67 Å². The molecule has 0 rings (SSSR count). The Morgan fingerprint density at radius 1 is 0.425 bits per heavy atom. The molecule has 242 valence electrons. The molecule has 1 N–H and O–H groups in total. The van der Waals surface area contributed by atoms with Crippen LogP contribution >= 0.6 is 7.75 Å². The van der Waals surface area contributed by atoms with Crippen LogP contribution in [0.5, 0.6) is 0 Å². The van der Waals surface area contributed by atoms with Crippen molar-refractivity contribution in [1.82, 2.24) is 4.67 Å². The van der Waals surface area contributed by atoms with Crippen molar-refractivity contribution >= 4 is 7.75 Å². The largest absolute Gasteiger partial charge is 0.405 e. The lowest BCUT2D eigenvalue weighted by Crippen LogP contribution is -2.24. The van der Waals surface area contributed by atoms with Crippen LogP contribution in [0.2, 0.25) is 0 Å². The average molecular weight is 588 g/mol. The first kappa shape index (κ1) is 40.1. The maximum absolute atomic E-state index is 13.0. The molecule has 0 spiro atoms. The minimum absolute atomic E-state index is 0.398. The molecule has 0 aromatic heterocycles. The van der Waals surface area contributed by atoms with E-state index in [0.717, 1.165) is 44.9 Å². The highest BCUT2D eigenvalue weighted by molar-refractivity contribution is 7.50. The molecule has 4 nitrogen and oxygen atoms in total. The van der Waals surface area contributed by atoms with Gasteiger partial charge in [-0.15, -0.1) is 0 Å². The van der Waals surface area contributed by atoms with Gasteiger partial charge in [0, 0.05) is 13.1 Å². The van der Waals surface area contributed by atoms with Gasteiger partial charge in [0.2, 0.25) is 0 Å². The van der Waals surface area contributed by atoms with Crippen LogP contribution in [0.25, 0.3) is 0 Å². The minimum Gasteiger partial charge on any atom is -0.312 e. The number of unbranched alkanes of at least 4 members (excludes halogenated alkanes) is 26. The van der Waals surface area contributed by atoms with E-state index in [0.29, 0.717) is 19.7 Å². The summed E-state index contributed by atoms with van der Waals surface area (Å²) in [5, 5.41) is 0. The molecule has 0 aliphatic rings. The van der Waals surface area contributed by atoms with E-state index in [9.17, 15) is 9.46 Å². The maximum atomic E-state index is 13.0. The fourth-order valence-electron chi connectivity index (χ4n) is 5.61. The molecule has 0 radical (unpaired) electrons. The molecule has 0 aromatic carbocycles. The molecule has 0 aromatic rings. The second kappa shape index (κ2) is 32.0. The van der Waals surface area contributed by atoms with Gasteiger partial charge in [0.05, 0.1) is 6.61 Å². The van der Waals surface area contributed by atoms with E-state index in [-0.39, 0.29) is 0 Å². The van der Waals surface area contributed by atoms with Gasteiger partial charge in [-0.1, -0.05) is 188 Å². The highest BCUT2D eigenvalue weighted by atomic mass is 31.2. The van der Waals surface area contributed by atoms with Crippen LogP contribution in [0.1, 0.15) is 207 Å². The lowest BCUT2D eigenvalue weighted by atomic mass is 10.0. The van der Waals surface area contributed by atoms with Crippen LogP contribution in [-0.4, -0.2) is 29.3 Å². The normalized spacial score (nSPS) is 13.3. The molecular formula is C35H74NO3P.